The molecular formula is C26H35N4O8+. The largest absolute Gasteiger partial charge is 0.507 e. The number of primary amides is 1. The molecular weight excluding hydrogens is 496 g/mol. The lowest BCUT2D eigenvalue weighted by atomic mass is 9.54. The minimum atomic E-state index is -2.70. The second-order valence-electron chi connectivity index (χ2n) is 11.6. The first kappa shape index (κ1) is 27.7. The molecule has 12 heteroatoms. The van der Waals surface area contributed by atoms with Crippen LogP contribution in [-0.4, -0.2) is 106 Å². The Kier molecular flexibility index (Phi) is 6.68. The number of carbonyl (C=O) groups is 4. The van der Waals surface area contributed by atoms with Crippen LogP contribution in [0.3, 0.4) is 0 Å². The molecule has 1 aromatic rings. The van der Waals surface area contributed by atoms with Gasteiger partial charge in [-0.1, -0.05) is 6.07 Å². The van der Waals surface area contributed by atoms with Crippen molar-refractivity contribution in [3.05, 3.63) is 34.4 Å². The third-order valence-electron chi connectivity index (χ3n) is 8.11. The number of phenols is 1. The maximum atomic E-state index is 13.8. The normalized spacial score (nSPS) is 31.0. The van der Waals surface area contributed by atoms with Crippen LogP contribution >= 0.6 is 0 Å². The topological polar surface area (TPSA) is 190 Å². The maximum absolute atomic E-state index is 13.8. The zero-order chi connectivity index (χ0) is 28.5. The third-order valence-corrected chi connectivity index (χ3v) is 8.11. The van der Waals surface area contributed by atoms with E-state index in [1.54, 1.807) is 46.2 Å². The van der Waals surface area contributed by atoms with Crippen molar-refractivity contribution in [1.82, 2.24) is 10.2 Å². The van der Waals surface area contributed by atoms with Crippen LogP contribution in [0, 0.1) is 17.8 Å². The molecule has 0 aromatic heterocycles. The Morgan fingerprint density at radius 2 is 1.82 bits per heavy atom. The van der Waals surface area contributed by atoms with Crippen molar-refractivity contribution in [2.24, 2.45) is 23.5 Å². The molecule has 4 rings (SSSR count). The van der Waals surface area contributed by atoms with Gasteiger partial charge >= 0.3 is 6.03 Å². The molecule has 1 aromatic carbocycles. The van der Waals surface area contributed by atoms with E-state index in [0.29, 0.717) is 11.1 Å². The van der Waals surface area contributed by atoms with E-state index in [1.807, 2.05) is 0 Å². The van der Waals surface area contributed by atoms with Crippen LogP contribution in [-0.2, 0) is 27.3 Å². The smallest absolute Gasteiger partial charge is 0.416 e. The molecule has 2 saturated carbocycles. The monoisotopic (exact) mass is 531 g/mol. The predicted molar refractivity (Wildman–Crippen MR) is 134 cm³/mol. The number of hydrogen-bond donors (Lipinski definition) is 6. The number of aliphatic hydroxyl groups excluding tert-OH is 2. The molecule has 12 nitrogen and oxygen atoms in total. The number of aliphatic hydroxyl groups is 3. The average molecular weight is 532 g/mol. The number of fused-ring (bicyclic) bond motifs is 3. The van der Waals surface area contributed by atoms with Gasteiger partial charge in [-0.3, -0.25) is 14.4 Å². The van der Waals surface area contributed by atoms with Gasteiger partial charge in [0.1, 0.15) is 17.4 Å². The Morgan fingerprint density at radius 3 is 2.37 bits per heavy atom. The molecule has 3 aliphatic carbocycles. The molecule has 0 bridgehead atoms. The number of hydrogen-bond acceptors (Lipinski definition) is 9. The fourth-order valence-corrected chi connectivity index (χ4v) is 6.24. The Hall–Kier alpha value is -3.32. The molecule has 206 valence electrons. The summed E-state index contributed by atoms with van der Waals surface area (Å²) in [6.45, 7) is 0.103. The van der Waals surface area contributed by atoms with Gasteiger partial charge in [-0.25, -0.2) is 9.28 Å². The summed E-state index contributed by atoms with van der Waals surface area (Å²) < 4.78 is 0.0293. The highest BCUT2D eigenvalue weighted by atomic mass is 16.3. The quantitative estimate of drug-likeness (QED) is 0.210. The lowest BCUT2D eigenvalue weighted by molar-refractivity contribution is -0.787. The summed E-state index contributed by atoms with van der Waals surface area (Å²) in [5.74, 6) is -7.88. The first-order valence-corrected chi connectivity index (χ1v) is 12.4. The first-order valence-electron chi connectivity index (χ1n) is 12.4. The number of benzene rings is 1. The van der Waals surface area contributed by atoms with E-state index >= 15 is 0 Å². The van der Waals surface area contributed by atoms with Crippen molar-refractivity contribution in [3.8, 4) is 5.75 Å². The fourth-order valence-electron chi connectivity index (χ4n) is 6.24. The molecule has 3 aliphatic rings. The van der Waals surface area contributed by atoms with Gasteiger partial charge < -0.3 is 36.4 Å². The van der Waals surface area contributed by atoms with Crippen molar-refractivity contribution >= 4 is 29.3 Å². The number of carbonyl (C=O) groups excluding carboxylic acids is 4. The second-order valence-corrected chi connectivity index (χ2v) is 11.6. The number of likely N-dealkylation sites (N-methyl/N-ethyl adjacent to an activating group) is 1. The van der Waals surface area contributed by atoms with E-state index < -0.39 is 58.7 Å². The highest BCUT2D eigenvalue weighted by Gasteiger charge is 2.67. The van der Waals surface area contributed by atoms with Gasteiger partial charge in [0.15, 0.2) is 11.4 Å². The Labute approximate surface area is 219 Å². The van der Waals surface area contributed by atoms with Gasteiger partial charge in [0, 0.05) is 24.1 Å². The van der Waals surface area contributed by atoms with Crippen LogP contribution in [0.2, 0.25) is 0 Å². The van der Waals surface area contributed by atoms with Crippen LogP contribution in [0.15, 0.2) is 17.7 Å². The molecule has 0 heterocycles. The molecule has 3 amide bonds. The zero-order valence-corrected chi connectivity index (χ0v) is 22.1. The van der Waals surface area contributed by atoms with Crippen molar-refractivity contribution in [2.45, 2.75) is 37.1 Å². The summed E-state index contributed by atoms with van der Waals surface area (Å²) in [6, 6.07) is 1.74. The number of nitrogens with one attached hydrogen (secondary N) is 1. The van der Waals surface area contributed by atoms with E-state index in [0.717, 1.165) is 0 Å². The minimum absolute atomic E-state index is 0.0115. The number of amides is 3. The molecule has 0 saturated heterocycles. The van der Waals surface area contributed by atoms with E-state index in [1.165, 1.54) is 6.07 Å². The van der Waals surface area contributed by atoms with Gasteiger partial charge in [-0.2, -0.15) is 0 Å². The molecule has 2 unspecified atom stereocenters. The molecule has 0 aliphatic heterocycles. The van der Waals surface area contributed by atoms with Gasteiger partial charge in [0.2, 0.25) is 11.7 Å². The van der Waals surface area contributed by atoms with Crippen LogP contribution in [0.25, 0.3) is 5.76 Å². The van der Waals surface area contributed by atoms with Crippen molar-refractivity contribution in [1.29, 1.82) is 0 Å². The molecule has 0 spiro atoms. The number of quaternary nitrogens is 1. The number of nitrogens with zero attached hydrogens (tertiary/aromatic N) is 2. The Morgan fingerprint density at radius 1 is 1.18 bits per heavy atom. The number of urea groups is 1. The summed E-state index contributed by atoms with van der Waals surface area (Å²) >= 11 is 0. The summed E-state index contributed by atoms with van der Waals surface area (Å²) in [7, 11) is 8.32. The van der Waals surface area contributed by atoms with Crippen LogP contribution in [0.4, 0.5) is 4.79 Å². The van der Waals surface area contributed by atoms with Crippen molar-refractivity contribution in [2.75, 3.05) is 35.2 Å². The standard InChI is InChI=1S/C26H34N4O8/c1-29(2)19-14-9-12-8-13-11(10-28-25(37)30(3,4)5)6-7-15(31)17(13)20(32)16(12)22(34)26(14,38)23(35)18(21(19)33)24(27)36/h6-7,12,14,18-19,21,33,38H,8-10H2,1-5H3,(H4-,27,28,31,32,34,36,37)/p+1/t12-,14-,18?,19-,21?,26-/m1/s1. The number of aromatic hydroxyl groups is 1. The van der Waals surface area contributed by atoms with E-state index in [4.69, 9.17) is 5.73 Å². The number of Topliss-reactive ketones (excluding diaryl/α,β-unsaturated/α-hetero) is 2. The third kappa shape index (κ3) is 3.99. The summed E-state index contributed by atoms with van der Waals surface area (Å²) in [6.07, 6.45) is -1.35. The molecule has 2 fully saturated rings. The van der Waals surface area contributed by atoms with Gasteiger partial charge in [-0.05, 0) is 50.0 Å². The van der Waals surface area contributed by atoms with E-state index in [2.05, 4.69) is 5.32 Å². The Balaban J connectivity index is 1.83. The summed E-state index contributed by atoms with van der Waals surface area (Å²) in [5, 5.41) is 47.3. The van der Waals surface area contributed by atoms with E-state index in [9.17, 15) is 39.6 Å². The number of phenolic OH excluding ortho intramolecular Hbond substituents is 1. The highest BCUT2D eigenvalue weighted by Crippen LogP contribution is 2.52. The molecule has 6 atom stereocenters. The van der Waals surface area contributed by atoms with E-state index in [-0.39, 0.29) is 46.8 Å². The van der Waals surface area contributed by atoms with Crippen molar-refractivity contribution in [3.63, 3.8) is 0 Å². The van der Waals surface area contributed by atoms with Crippen LogP contribution in [0.1, 0.15) is 23.1 Å². The Bertz CT molecular complexity index is 1270. The summed E-state index contributed by atoms with van der Waals surface area (Å²) in [4.78, 5) is 53.2. The lowest BCUT2D eigenvalue weighted by Crippen LogP contribution is -2.73. The molecule has 38 heavy (non-hydrogen) atoms. The maximum Gasteiger partial charge on any atom is 0.416 e. The predicted octanol–water partition coefficient (Wildman–Crippen LogP) is -0.955. The lowest BCUT2D eigenvalue weighted by Gasteiger charge is -2.53. The first-order chi connectivity index (χ1) is 17.5. The van der Waals surface area contributed by atoms with Gasteiger partial charge in [-0.15, -0.1) is 0 Å². The molecule has 7 N–H and O–H groups in total. The zero-order valence-electron chi connectivity index (χ0n) is 22.1. The SMILES string of the molecule is CN(C)[C@H]1C(O)C(C(N)=O)C(=O)[C@]2(O)C(=O)C3=C(O)c4c(O)ccc(CNC(=O)[N+](C)(C)C)c4C[C@@H]3C[C@H]12. The highest BCUT2D eigenvalue weighted by molar-refractivity contribution is 6.25. The van der Waals surface area contributed by atoms with Crippen LogP contribution < -0.4 is 11.1 Å². The van der Waals surface area contributed by atoms with Gasteiger partial charge in [0.05, 0.1) is 32.8 Å². The van der Waals surface area contributed by atoms with Crippen LogP contribution in [0.5, 0.6) is 5.75 Å². The van der Waals surface area contributed by atoms with Crippen molar-refractivity contribution < 1.29 is 44.1 Å². The fraction of sp³-hybridized carbons (Fsp3) is 0.538. The molecule has 0 radical (unpaired) electrons. The van der Waals surface area contributed by atoms with Gasteiger partial charge in [0.25, 0.3) is 0 Å². The average Bonchev–Trinajstić information content (AvgIpc) is 2.79. The number of nitrogens with two attached hydrogens (primary N) is 1. The second kappa shape index (κ2) is 9.16. The number of ketones is 2. The minimum Gasteiger partial charge on any atom is -0.507 e. The summed E-state index contributed by atoms with van der Waals surface area (Å²) in [5.41, 5.74) is 3.60. The number of rotatable bonds is 4.